The highest BCUT2D eigenvalue weighted by molar-refractivity contribution is 7.17. The van der Waals surface area contributed by atoms with Crippen LogP contribution in [0.3, 0.4) is 0 Å². The quantitative estimate of drug-likeness (QED) is 0.808. The lowest BCUT2D eigenvalue weighted by Gasteiger charge is -2.20. The van der Waals surface area contributed by atoms with E-state index >= 15 is 0 Å². The standard InChI is InChI=1S/C6H4ClN3S.C6H13N/c7-5-3-1-2-11-4(3)6(8)10-9-5;1-7-5-3-2-4-6-7/h1-2H,(H2,8,10);2-6H2,1H3. The van der Waals surface area contributed by atoms with Crippen molar-refractivity contribution in [3.8, 4) is 0 Å². The van der Waals surface area contributed by atoms with Gasteiger partial charge in [0.25, 0.3) is 0 Å². The van der Waals surface area contributed by atoms with Crippen molar-refractivity contribution in [3.63, 3.8) is 0 Å². The third kappa shape index (κ3) is 3.31. The molecule has 3 heterocycles. The number of likely N-dealkylation sites (tertiary alicyclic amines) is 1. The molecule has 0 aliphatic carbocycles. The topological polar surface area (TPSA) is 55.0 Å². The molecule has 0 saturated carbocycles. The summed E-state index contributed by atoms with van der Waals surface area (Å²) in [5.74, 6) is 0.444. The van der Waals surface area contributed by atoms with E-state index in [-0.39, 0.29) is 0 Å². The first-order valence-corrected chi connectivity index (χ1v) is 7.27. The number of thiophene rings is 1. The number of rotatable bonds is 0. The van der Waals surface area contributed by atoms with Crippen LogP contribution in [0.4, 0.5) is 5.82 Å². The zero-order valence-corrected chi connectivity index (χ0v) is 12.0. The van der Waals surface area contributed by atoms with E-state index in [4.69, 9.17) is 17.3 Å². The summed E-state index contributed by atoms with van der Waals surface area (Å²) in [5, 5.41) is 10.6. The number of hydrogen-bond donors (Lipinski definition) is 1. The lowest BCUT2D eigenvalue weighted by molar-refractivity contribution is 0.277. The van der Waals surface area contributed by atoms with E-state index in [0.717, 1.165) is 10.1 Å². The summed E-state index contributed by atoms with van der Waals surface area (Å²) in [6.07, 6.45) is 4.28. The number of aromatic nitrogens is 2. The zero-order valence-electron chi connectivity index (χ0n) is 10.4. The average Bonchev–Trinajstić information content (AvgIpc) is 2.86. The molecule has 98 valence electrons. The lowest BCUT2D eigenvalue weighted by Crippen LogP contribution is -2.24. The van der Waals surface area contributed by atoms with Crippen molar-refractivity contribution in [3.05, 3.63) is 16.6 Å². The van der Waals surface area contributed by atoms with E-state index in [1.165, 1.54) is 43.7 Å². The maximum absolute atomic E-state index is 5.75. The van der Waals surface area contributed by atoms with Crippen LogP contribution in [0.15, 0.2) is 11.4 Å². The Balaban J connectivity index is 0.000000149. The number of hydrogen-bond acceptors (Lipinski definition) is 5. The number of fused-ring (bicyclic) bond motifs is 1. The average molecular weight is 285 g/mol. The highest BCUT2D eigenvalue weighted by Gasteiger charge is 2.05. The van der Waals surface area contributed by atoms with Gasteiger partial charge in [0.1, 0.15) is 0 Å². The van der Waals surface area contributed by atoms with Crippen molar-refractivity contribution in [2.75, 3.05) is 25.9 Å². The number of halogens is 1. The largest absolute Gasteiger partial charge is 0.381 e. The monoisotopic (exact) mass is 284 g/mol. The second-order valence-corrected chi connectivity index (χ2v) is 5.68. The van der Waals surface area contributed by atoms with Crippen LogP contribution >= 0.6 is 22.9 Å². The van der Waals surface area contributed by atoms with Gasteiger partial charge in [0.2, 0.25) is 0 Å². The minimum Gasteiger partial charge on any atom is -0.381 e. The van der Waals surface area contributed by atoms with Gasteiger partial charge in [-0.3, -0.25) is 0 Å². The SMILES string of the molecule is CN1CCCCC1.Nc1nnc(Cl)c2ccsc12. The second kappa shape index (κ2) is 6.31. The Morgan fingerprint density at radius 3 is 2.56 bits per heavy atom. The molecule has 0 amide bonds. The lowest BCUT2D eigenvalue weighted by atomic mass is 10.1. The predicted octanol–water partition coefficient (Wildman–Crippen LogP) is 3.03. The van der Waals surface area contributed by atoms with Gasteiger partial charge in [-0.1, -0.05) is 18.0 Å². The third-order valence-electron chi connectivity index (χ3n) is 2.95. The van der Waals surface area contributed by atoms with Crippen molar-refractivity contribution in [2.45, 2.75) is 19.3 Å². The molecule has 0 spiro atoms. The van der Waals surface area contributed by atoms with Gasteiger partial charge in [-0.2, -0.15) is 0 Å². The van der Waals surface area contributed by atoms with E-state index < -0.39 is 0 Å². The molecule has 0 unspecified atom stereocenters. The molecule has 4 nitrogen and oxygen atoms in total. The minimum absolute atomic E-state index is 0.412. The van der Waals surface area contributed by atoms with Gasteiger partial charge in [0, 0.05) is 5.39 Å². The summed E-state index contributed by atoms with van der Waals surface area (Å²) in [5.41, 5.74) is 5.55. The van der Waals surface area contributed by atoms with E-state index in [9.17, 15) is 0 Å². The molecular weight excluding hydrogens is 268 g/mol. The molecule has 0 bridgehead atoms. The number of nitrogens with two attached hydrogens (primary N) is 1. The van der Waals surface area contributed by atoms with Crippen molar-refractivity contribution in [1.29, 1.82) is 0 Å². The molecule has 18 heavy (non-hydrogen) atoms. The van der Waals surface area contributed by atoms with Crippen LogP contribution in [0, 0.1) is 0 Å². The van der Waals surface area contributed by atoms with Crippen LogP contribution in [-0.4, -0.2) is 35.2 Å². The number of anilines is 1. The van der Waals surface area contributed by atoms with Crippen molar-refractivity contribution >= 4 is 38.8 Å². The smallest absolute Gasteiger partial charge is 0.164 e. The van der Waals surface area contributed by atoms with Gasteiger partial charge in [-0.15, -0.1) is 21.5 Å². The number of nitrogen functional groups attached to an aromatic ring is 1. The molecule has 2 aromatic rings. The van der Waals surface area contributed by atoms with Gasteiger partial charge in [-0.25, -0.2) is 0 Å². The Hall–Kier alpha value is -0.910. The van der Waals surface area contributed by atoms with Gasteiger partial charge in [-0.05, 0) is 44.4 Å². The second-order valence-electron chi connectivity index (χ2n) is 4.40. The van der Waals surface area contributed by atoms with Crippen LogP contribution < -0.4 is 5.73 Å². The van der Waals surface area contributed by atoms with Crippen LogP contribution in [0.5, 0.6) is 0 Å². The molecule has 1 aliphatic rings. The minimum atomic E-state index is 0.412. The summed E-state index contributed by atoms with van der Waals surface area (Å²) in [6, 6.07) is 1.88. The van der Waals surface area contributed by atoms with Gasteiger partial charge in [0.05, 0.1) is 4.70 Å². The molecule has 0 atom stereocenters. The molecule has 1 saturated heterocycles. The molecule has 0 radical (unpaired) electrons. The summed E-state index contributed by atoms with van der Waals surface area (Å²) < 4.78 is 0.907. The number of nitrogens with zero attached hydrogens (tertiary/aromatic N) is 3. The first kappa shape index (κ1) is 13.5. The van der Waals surface area contributed by atoms with Gasteiger partial charge in [0.15, 0.2) is 11.0 Å². The zero-order chi connectivity index (χ0) is 13.0. The van der Waals surface area contributed by atoms with E-state index in [1.54, 1.807) is 0 Å². The Kier molecular flexibility index (Phi) is 4.74. The fourth-order valence-electron chi connectivity index (χ4n) is 1.92. The molecular formula is C12H17ClN4S. The van der Waals surface area contributed by atoms with E-state index in [0.29, 0.717) is 11.0 Å². The first-order chi connectivity index (χ1) is 8.68. The molecule has 1 aliphatic heterocycles. The van der Waals surface area contributed by atoms with Crippen molar-refractivity contribution < 1.29 is 0 Å². The molecule has 0 aromatic carbocycles. The van der Waals surface area contributed by atoms with Gasteiger partial charge < -0.3 is 10.6 Å². The van der Waals surface area contributed by atoms with Crippen molar-refractivity contribution in [2.24, 2.45) is 0 Å². The third-order valence-corrected chi connectivity index (χ3v) is 4.16. The molecule has 1 fully saturated rings. The Labute approximate surface area is 116 Å². The Morgan fingerprint density at radius 2 is 2.00 bits per heavy atom. The number of piperidine rings is 1. The normalized spacial score (nSPS) is 16.3. The molecule has 2 N–H and O–H groups in total. The summed E-state index contributed by atoms with van der Waals surface area (Å²) in [7, 11) is 2.19. The fourth-order valence-corrected chi connectivity index (χ4v) is 2.96. The van der Waals surface area contributed by atoms with Crippen molar-refractivity contribution in [1.82, 2.24) is 15.1 Å². The maximum Gasteiger partial charge on any atom is 0.164 e. The molecule has 2 aromatic heterocycles. The van der Waals surface area contributed by atoms with Crippen LogP contribution in [-0.2, 0) is 0 Å². The first-order valence-electron chi connectivity index (χ1n) is 6.02. The summed E-state index contributed by atoms with van der Waals surface area (Å²) in [6.45, 7) is 2.64. The summed E-state index contributed by atoms with van der Waals surface area (Å²) in [4.78, 5) is 2.39. The van der Waals surface area contributed by atoms with E-state index in [1.807, 2.05) is 11.4 Å². The van der Waals surface area contributed by atoms with Crippen LogP contribution in [0.1, 0.15) is 19.3 Å². The summed E-state index contributed by atoms with van der Waals surface area (Å²) >= 11 is 7.26. The van der Waals surface area contributed by atoms with Crippen LogP contribution in [0.25, 0.3) is 10.1 Å². The highest BCUT2D eigenvalue weighted by atomic mass is 35.5. The predicted molar refractivity (Wildman–Crippen MR) is 78.2 cm³/mol. The van der Waals surface area contributed by atoms with E-state index in [2.05, 4.69) is 22.1 Å². The van der Waals surface area contributed by atoms with Gasteiger partial charge >= 0.3 is 0 Å². The molecule has 3 rings (SSSR count). The maximum atomic E-state index is 5.75. The highest BCUT2D eigenvalue weighted by Crippen LogP contribution is 2.28. The Morgan fingerprint density at radius 1 is 1.28 bits per heavy atom. The fraction of sp³-hybridized carbons (Fsp3) is 0.500. The Bertz CT molecular complexity index is 472. The molecule has 6 heteroatoms. The van der Waals surface area contributed by atoms with Crippen LogP contribution in [0.2, 0.25) is 5.15 Å².